The zero-order chi connectivity index (χ0) is 14.6. The van der Waals surface area contributed by atoms with Crippen molar-refractivity contribution in [1.29, 1.82) is 0 Å². The molecule has 3 heterocycles. The predicted molar refractivity (Wildman–Crippen MR) is 90.4 cm³/mol. The number of hydrogen-bond donors (Lipinski definition) is 2. The predicted octanol–water partition coefficient (Wildman–Crippen LogP) is 4.39. The maximum absolute atomic E-state index is 3.72. The molecule has 1 aromatic carbocycles. The van der Waals surface area contributed by atoms with Crippen LogP contribution in [0.2, 0.25) is 0 Å². The summed E-state index contributed by atoms with van der Waals surface area (Å²) in [6.07, 6.45) is 1.11. The summed E-state index contributed by atoms with van der Waals surface area (Å²) in [7, 11) is 0. The van der Waals surface area contributed by atoms with Crippen LogP contribution in [0.3, 0.4) is 0 Å². The molecule has 0 spiro atoms. The summed E-state index contributed by atoms with van der Waals surface area (Å²) in [6, 6.07) is 7.14. The van der Waals surface area contributed by atoms with Crippen molar-refractivity contribution in [2.45, 2.75) is 33.2 Å². The lowest BCUT2D eigenvalue weighted by Gasteiger charge is -2.24. The van der Waals surface area contributed by atoms with E-state index in [9.17, 15) is 0 Å². The second kappa shape index (κ2) is 4.72. The first-order valence-electron chi connectivity index (χ1n) is 7.54. The smallest absolute Gasteiger partial charge is 0.0828 e. The largest absolute Gasteiger partial charge is 0.356 e. The monoisotopic (exact) mass is 296 g/mol. The van der Waals surface area contributed by atoms with Crippen LogP contribution in [0.5, 0.6) is 0 Å². The summed E-state index contributed by atoms with van der Waals surface area (Å²) < 4.78 is 0. The summed E-state index contributed by atoms with van der Waals surface area (Å²) in [4.78, 5) is 5.16. The topological polar surface area (TPSA) is 27.8 Å². The van der Waals surface area contributed by atoms with Crippen molar-refractivity contribution in [3.05, 3.63) is 56.4 Å². The Morgan fingerprint density at radius 3 is 2.76 bits per heavy atom. The molecule has 3 aromatic rings. The second-order valence-corrected chi connectivity index (χ2v) is 7.07. The van der Waals surface area contributed by atoms with Gasteiger partial charge >= 0.3 is 0 Å². The second-order valence-electron chi connectivity index (χ2n) is 6.13. The van der Waals surface area contributed by atoms with Gasteiger partial charge in [0.2, 0.25) is 0 Å². The van der Waals surface area contributed by atoms with Crippen LogP contribution in [0.4, 0.5) is 0 Å². The van der Waals surface area contributed by atoms with Crippen LogP contribution in [-0.2, 0) is 6.42 Å². The number of H-pyrrole nitrogens is 1. The lowest BCUT2D eigenvalue weighted by atomic mass is 9.96. The average Bonchev–Trinajstić information content (AvgIpc) is 3.03. The molecule has 2 N–H and O–H groups in total. The number of fused-ring (bicyclic) bond motifs is 3. The van der Waals surface area contributed by atoms with E-state index in [0.29, 0.717) is 6.04 Å². The van der Waals surface area contributed by atoms with Gasteiger partial charge in [0.1, 0.15) is 0 Å². The number of aromatic amines is 1. The highest BCUT2D eigenvalue weighted by Gasteiger charge is 2.27. The number of thiophene rings is 1. The maximum atomic E-state index is 3.72. The quantitative estimate of drug-likeness (QED) is 0.685. The summed E-state index contributed by atoms with van der Waals surface area (Å²) in [5.41, 5.74) is 8.28. The number of aryl methyl sites for hydroxylation is 3. The standard InChI is InChI=1S/C18H20N2S/c1-10-8-12(3)15-14(9-10)13-4-6-19-17(16(13)20-15)18-11(2)5-7-21-18/h5,7-9,17,19-20H,4,6H2,1-3H3. The first-order valence-corrected chi connectivity index (χ1v) is 8.42. The highest BCUT2D eigenvalue weighted by molar-refractivity contribution is 7.10. The summed E-state index contributed by atoms with van der Waals surface area (Å²) in [6.45, 7) is 7.65. The zero-order valence-corrected chi connectivity index (χ0v) is 13.5. The molecule has 108 valence electrons. The number of benzene rings is 1. The fourth-order valence-corrected chi connectivity index (χ4v) is 4.60. The molecule has 0 aliphatic carbocycles. The Morgan fingerprint density at radius 1 is 1.14 bits per heavy atom. The van der Waals surface area contributed by atoms with Crippen molar-refractivity contribution in [2.24, 2.45) is 0 Å². The van der Waals surface area contributed by atoms with Gasteiger partial charge in [-0.15, -0.1) is 11.3 Å². The van der Waals surface area contributed by atoms with E-state index < -0.39 is 0 Å². The van der Waals surface area contributed by atoms with E-state index in [1.54, 1.807) is 0 Å². The average molecular weight is 296 g/mol. The lowest BCUT2D eigenvalue weighted by Crippen LogP contribution is -2.30. The third-order valence-corrected chi connectivity index (χ3v) is 5.65. The minimum Gasteiger partial charge on any atom is -0.356 e. The van der Waals surface area contributed by atoms with Gasteiger partial charge in [-0.2, -0.15) is 0 Å². The third kappa shape index (κ3) is 1.95. The Bertz CT molecular complexity index is 825. The highest BCUT2D eigenvalue weighted by atomic mass is 32.1. The van der Waals surface area contributed by atoms with Crippen molar-refractivity contribution >= 4 is 22.2 Å². The Morgan fingerprint density at radius 2 is 2.00 bits per heavy atom. The van der Waals surface area contributed by atoms with Crippen molar-refractivity contribution in [1.82, 2.24) is 10.3 Å². The van der Waals surface area contributed by atoms with Crippen LogP contribution in [-0.4, -0.2) is 11.5 Å². The van der Waals surface area contributed by atoms with Crippen LogP contribution in [0.25, 0.3) is 10.9 Å². The first-order chi connectivity index (χ1) is 10.1. The molecule has 0 radical (unpaired) electrons. The molecule has 0 saturated carbocycles. The fraction of sp³-hybridized carbons (Fsp3) is 0.333. The Balaban J connectivity index is 1.96. The van der Waals surface area contributed by atoms with E-state index >= 15 is 0 Å². The SMILES string of the molecule is Cc1cc(C)c2[nH]c3c(c2c1)CCNC3c1sccc1C. The molecular weight excluding hydrogens is 276 g/mol. The molecule has 0 fully saturated rings. The van der Waals surface area contributed by atoms with Gasteiger partial charge in [-0.05, 0) is 61.4 Å². The summed E-state index contributed by atoms with van der Waals surface area (Å²) >= 11 is 1.85. The third-order valence-electron chi connectivity index (χ3n) is 4.57. The minimum atomic E-state index is 0.320. The molecular formula is C18H20N2S. The van der Waals surface area contributed by atoms with Gasteiger partial charge in [0.15, 0.2) is 0 Å². The molecule has 0 saturated heterocycles. The van der Waals surface area contributed by atoms with Gasteiger partial charge in [-0.1, -0.05) is 11.6 Å². The van der Waals surface area contributed by atoms with Crippen molar-refractivity contribution < 1.29 is 0 Å². The normalized spacial score (nSPS) is 18.1. The lowest BCUT2D eigenvalue weighted by molar-refractivity contribution is 0.565. The van der Waals surface area contributed by atoms with Crippen molar-refractivity contribution in [3.8, 4) is 0 Å². The van der Waals surface area contributed by atoms with E-state index in [-0.39, 0.29) is 0 Å². The van der Waals surface area contributed by atoms with E-state index in [0.717, 1.165) is 13.0 Å². The Hall–Kier alpha value is -1.58. The van der Waals surface area contributed by atoms with Crippen molar-refractivity contribution in [3.63, 3.8) is 0 Å². The van der Waals surface area contributed by atoms with Crippen LogP contribution in [0, 0.1) is 20.8 Å². The molecule has 1 unspecified atom stereocenters. The minimum absolute atomic E-state index is 0.320. The van der Waals surface area contributed by atoms with Gasteiger partial charge in [-0.25, -0.2) is 0 Å². The molecule has 1 atom stereocenters. The number of aromatic nitrogens is 1. The maximum Gasteiger partial charge on any atom is 0.0828 e. The van der Waals surface area contributed by atoms with Gasteiger partial charge in [0, 0.05) is 28.0 Å². The zero-order valence-electron chi connectivity index (χ0n) is 12.7. The Labute approximate surface area is 129 Å². The highest BCUT2D eigenvalue weighted by Crippen LogP contribution is 2.37. The molecule has 3 heteroatoms. The molecule has 1 aliphatic rings. The summed E-state index contributed by atoms with van der Waals surface area (Å²) in [5.74, 6) is 0. The molecule has 4 rings (SSSR count). The van der Waals surface area contributed by atoms with Crippen LogP contribution >= 0.6 is 11.3 Å². The van der Waals surface area contributed by atoms with Crippen LogP contribution < -0.4 is 5.32 Å². The molecule has 0 amide bonds. The van der Waals surface area contributed by atoms with Crippen molar-refractivity contribution in [2.75, 3.05) is 6.54 Å². The van der Waals surface area contributed by atoms with E-state index in [2.05, 4.69) is 54.7 Å². The molecule has 0 bridgehead atoms. The Kier molecular flexibility index (Phi) is 2.95. The molecule has 2 aromatic heterocycles. The van der Waals surface area contributed by atoms with E-state index in [1.807, 2.05) is 11.3 Å². The number of hydrogen-bond acceptors (Lipinski definition) is 2. The van der Waals surface area contributed by atoms with Gasteiger partial charge in [0.25, 0.3) is 0 Å². The summed E-state index contributed by atoms with van der Waals surface area (Å²) in [5, 5.41) is 7.31. The van der Waals surface area contributed by atoms with Gasteiger partial charge in [-0.3, -0.25) is 0 Å². The number of nitrogens with one attached hydrogen (secondary N) is 2. The van der Waals surface area contributed by atoms with Gasteiger partial charge < -0.3 is 10.3 Å². The van der Waals surface area contributed by atoms with Crippen LogP contribution in [0.1, 0.15) is 38.9 Å². The fourth-order valence-electron chi connectivity index (χ4n) is 3.59. The molecule has 1 aliphatic heterocycles. The van der Waals surface area contributed by atoms with E-state index in [1.165, 1.54) is 43.7 Å². The number of rotatable bonds is 1. The first kappa shape index (κ1) is 13.1. The van der Waals surface area contributed by atoms with E-state index in [4.69, 9.17) is 0 Å². The molecule has 21 heavy (non-hydrogen) atoms. The van der Waals surface area contributed by atoms with Crippen LogP contribution in [0.15, 0.2) is 23.6 Å². The van der Waals surface area contributed by atoms with Gasteiger partial charge in [0.05, 0.1) is 6.04 Å². The molecule has 2 nitrogen and oxygen atoms in total.